The standard InChI is InChI=1S/C15H19N7/c1-3-21(2)8-7-17-14-9-13(12-5-4-6-16-10-12)20-15-18-11-19-22(14)15/h4-6,9-11,17H,3,7-8H2,1-2H3. The Morgan fingerprint density at radius 1 is 1.36 bits per heavy atom. The minimum absolute atomic E-state index is 0.577. The Morgan fingerprint density at radius 3 is 3.05 bits per heavy atom. The summed E-state index contributed by atoms with van der Waals surface area (Å²) in [5, 5.41) is 7.63. The second kappa shape index (κ2) is 6.48. The zero-order valence-corrected chi connectivity index (χ0v) is 12.8. The Morgan fingerprint density at radius 2 is 2.27 bits per heavy atom. The lowest BCUT2D eigenvalue weighted by Gasteiger charge is -2.15. The van der Waals surface area contributed by atoms with Gasteiger partial charge in [-0.15, -0.1) is 0 Å². The van der Waals surface area contributed by atoms with Gasteiger partial charge in [0, 0.05) is 37.1 Å². The van der Waals surface area contributed by atoms with Gasteiger partial charge in [-0.2, -0.15) is 14.6 Å². The zero-order chi connectivity index (χ0) is 15.4. The summed E-state index contributed by atoms with van der Waals surface area (Å²) in [6, 6.07) is 5.86. The number of likely N-dealkylation sites (N-methyl/N-ethyl adjacent to an activating group) is 1. The molecule has 7 nitrogen and oxygen atoms in total. The summed E-state index contributed by atoms with van der Waals surface area (Å²) in [6.45, 7) is 4.95. The van der Waals surface area contributed by atoms with Gasteiger partial charge in [0.1, 0.15) is 12.1 Å². The molecule has 22 heavy (non-hydrogen) atoms. The number of nitrogens with zero attached hydrogens (tertiary/aromatic N) is 6. The molecule has 0 aromatic carbocycles. The second-order valence-electron chi connectivity index (χ2n) is 5.06. The molecular weight excluding hydrogens is 278 g/mol. The molecule has 0 bridgehead atoms. The van der Waals surface area contributed by atoms with Gasteiger partial charge in [-0.1, -0.05) is 6.92 Å². The predicted octanol–water partition coefficient (Wildman–Crippen LogP) is 1.55. The Balaban J connectivity index is 1.89. The number of aromatic nitrogens is 5. The summed E-state index contributed by atoms with van der Waals surface area (Å²) in [5.74, 6) is 1.46. The molecule has 0 fully saturated rings. The van der Waals surface area contributed by atoms with E-state index < -0.39 is 0 Å². The molecule has 1 N–H and O–H groups in total. The van der Waals surface area contributed by atoms with Crippen molar-refractivity contribution in [1.82, 2.24) is 29.5 Å². The molecule has 3 aromatic heterocycles. The molecule has 3 aromatic rings. The number of pyridine rings is 1. The van der Waals surface area contributed by atoms with Crippen molar-refractivity contribution >= 4 is 11.6 Å². The lowest BCUT2D eigenvalue weighted by atomic mass is 10.2. The van der Waals surface area contributed by atoms with Crippen molar-refractivity contribution in [2.45, 2.75) is 6.92 Å². The number of nitrogens with one attached hydrogen (secondary N) is 1. The average molecular weight is 297 g/mol. The number of hydrogen-bond donors (Lipinski definition) is 1. The maximum Gasteiger partial charge on any atom is 0.254 e. The van der Waals surface area contributed by atoms with E-state index in [0.29, 0.717) is 5.78 Å². The SMILES string of the molecule is CCN(C)CCNc1cc(-c2cccnc2)nc2ncnn12. The first-order valence-electron chi connectivity index (χ1n) is 7.31. The molecule has 0 aliphatic carbocycles. The first kappa shape index (κ1) is 14.4. The van der Waals surface area contributed by atoms with Crippen LogP contribution in [-0.2, 0) is 0 Å². The van der Waals surface area contributed by atoms with Crippen LogP contribution in [0.5, 0.6) is 0 Å². The molecule has 3 heterocycles. The summed E-state index contributed by atoms with van der Waals surface area (Å²) in [7, 11) is 2.10. The van der Waals surface area contributed by atoms with Crippen LogP contribution in [0.4, 0.5) is 5.82 Å². The van der Waals surface area contributed by atoms with Gasteiger partial charge < -0.3 is 10.2 Å². The second-order valence-corrected chi connectivity index (χ2v) is 5.06. The number of anilines is 1. The van der Waals surface area contributed by atoms with Crippen LogP contribution in [0.1, 0.15) is 6.92 Å². The molecule has 0 saturated carbocycles. The molecular formula is C15H19N7. The quantitative estimate of drug-likeness (QED) is 0.744. The van der Waals surface area contributed by atoms with Crippen LogP contribution in [-0.4, -0.2) is 56.1 Å². The van der Waals surface area contributed by atoms with Crippen molar-refractivity contribution in [3.63, 3.8) is 0 Å². The maximum atomic E-state index is 4.52. The van der Waals surface area contributed by atoms with E-state index in [-0.39, 0.29) is 0 Å². The normalized spacial score (nSPS) is 11.2. The summed E-state index contributed by atoms with van der Waals surface area (Å²) < 4.78 is 1.71. The first-order chi connectivity index (χ1) is 10.8. The lowest BCUT2D eigenvalue weighted by molar-refractivity contribution is 0.367. The molecule has 0 aliphatic heterocycles. The molecule has 0 radical (unpaired) electrons. The number of fused-ring (bicyclic) bond motifs is 1. The van der Waals surface area contributed by atoms with Crippen LogP contribution in [0.2, 0.25) is 0 Å². The Labute approximate surface area is 129 Å². The molecule has 0 saturated heterocycles. The van der Waals surface area contributed by atoms with Gasteiger partial charge in [0.05, 0.1) is 5.69 Å². The van der Waals surface area contributed by atoms with E-state index in [4.69, 9.17) is 0 Å². The monoisotopic (exact) mass is 297 g/mol. The van der Waals surface area contributed by atoms with Crippen LogP contribution in [0.15, 0.2) is 36.9 Å². The van der Waals surface area contributed by atoms with Crippen LogP contribution in [0.3, 0.4) is 0 Å². The fourth-order valence-electron chi connectivity index (χ4n) is 2.13. The molecule has 0 spiro atoms. The van der Waals surface area contributed by atoms with Gasteiger partial charge in [0.2, 0.25) is 0 Å². The van der Waals surface area contributed by atoms with Crippen molar-refractivity contribution in [3.8, 4) is 11.3 Å². The van der Waals surface area contributed by atoms with Crippen LogP contribution in [0.25, 0.3) is 17.0 Å². The first-order valence-corrected chi connectivity index (χ1v) is 7.31. The minimum atomic E-state index is 0.577. The van der Waals surface area contributed by atoms with E-state index in [2.05, 4.69) is 44.2 Å². The van der Waals surface area contributed by atoms with E-state index in [1.807, 2.05) is 18.2 Å². The molecule has 7 heteroatoms. The Hall–Kier alpha value is -2.54. The third-order valence-corrected chi connectivity index (χ3v) is 3.55. The molecule has 0 aliphatic rings. The predicted molar refractivity (Wildman–Crippen MR) is 85.7 cm³/mol. The van der Waals surface area contributed by atoms with E-state index >= 15 is 0 Å². The highest BCUT2D eigenvalue weighted by Gasteiger charge is 2.09. The summed E-state index contributed by atoms with van der Waals surface area (Å²) in [5.41, 5.74) is 1.79. The largest absolute Gasteiger partial charge is 0.369 e. The van der Waals surface area contributed by atoms with Crippen molar-refractivity contribution in [3.05, 3.63) is 36.9 Å². The van der Waals surface area contributed by atoms with E-state index in [1.54, 1.807) is 16.9 Å². The highest BCUT2D eigenvalue weighted by atomic mass is 15.4. The van der Waals surface area contributed by atoms with Gasteiger partial charge in [0.15, 0.2) is 0 Å². The Bertz CT molecular complexity index is 738. The third kappa shape index (κ3) is 3.04. The van der Waals surface area contributed by atoms with E-state index in [1.165, 1.54) is 6.33 Å². The highest BCUT2D eigenvalue weighted by Crippen LogP contribution is 2.20. The topological polar surface area (TPSA) is 71.2 Å². The van der Waals surface area contributed by atoms with Crippen molar-refractivity contribution in [1.29, 1.82) is 0 Å². The lowest BCUT2D eigenvalue weighted by Crippen LogP contribution is -2.25. The van der Waals surface area contributed by atoms with Crippen LogP contribution in [0, 0.1) is 0 Å². The van der Waals surface area contributed by atoms with Crippen LogP contribution >= 0.6 is 0 Å². The molecule has 3 rings (SSSR count). The number of rotatable bonds is 6. The molecule has 0 atom stereocenters. The van der Waals surface area contributed by atoms with Crippen molar-refractivity contribution in [2.24, 2.45) is 0 Å². The zero-order valence-electron chi connectivity index (χ0n) is 12.8. The van der Waals surface area contributed by atoms with Gasteiger partial charge in [-0.3, -0.25) is 4.98 Å². The summed E-state index contributed by atoms with van der Waals surface area (Å²) >= 11 is 0. The van der Waals surface area contributed by atoms with Crippen LogP contribution < -0.4 is 5.32 Å². The van der Waals surface area contributed by atoms with Crippen molar-refractivity contribution < 1.29 is 0 Å². The van der Waals surface area contributed by atoms with Gasteiger partial charge in [-0.25, -0.2) is 4.98 Å². The Kier molecular flexibility index (Phi) is 4.24. The smallest absolute Gasteiger partial charge is 0.254 e. The fraction of sp³-hybridized carbons (Fsp3) is 0.333. The highest BCUT2D eigenvalue weighted by molar-refractivity contribution is 5.64. The van der Waals surface area contributed by atoms with E-state index in [0.717, 1.165) is 36.7 Å². The minimum Gasteiger partial charge on any atom is -0.369 e. The molecule has 0 unspecified atom stereocenters. The molecule has 114 valence electrons. The van der Waals surface area contributed by atoms with Crippen molar-refractivity contribution in [2.75, 3.05) is 32.0 Å². The van der Waals surface area contributed by atoms with E-state index in [9.17, 15) is 0 Å². The average Bonchev–Trinajstić information content (AvgIpc) is 3.04. The molecule has 0 amide bonds. The van der Waals surface area contributed by atoms with Gasteiger partial charge >= 0.3 is 0 Å². The third-order valence-electron chi connectivity index (χ3n) is 3.55. The summed E-state index contributed by atoms with van der Waals surface area (Å²) in [4.78, 5) is 15.1. The van der Waals surface area contributed by atoms with Gasteiger partial charge in [0.25, 0.3) is 5.78 Å². The van der Waals surface area contributed by atoms with Gasteiger partial charge in [-0.05, 0) is 25.7 Å². The fourth-order valence-corrected chi connectivity index (χ4v) is 2.13. The number of hydrogen-bond acceptors (Lipinski definition) is 6. The maximum absolute atomic E-state index is 4.52. The summed E-state index contributed by atoms with van der Waals surface area (Å²) in [6.07, 6.45) is 5.06.